The smallest absolute Gasteiger partial charge is 0.247 e. The number of amides is 1. The lowest BCUT2D eigenvalue weighted by molar-refractivity contribution is -0.129. The molecule has 0 saturated carbocycles. The van der Waals surface area contributed by atoms with Crippen molar-refractivity contribution in [3.05, 3.63) is 58.8 Å². The van der Waals surface area contributed by atoms with Crippen LogP contribution in [-0.4, -0.2) is 30.0 Å². The first-order chi connectivity index (χ1) is 15.0. The number of rotatable bonds is 5. The molecule has 162 valence electrons. The van der Waals surface area contributed by atoms with E-state index in [1.807, 2.05) is 36.9 Å². The summed E-state index contributed by atoms with van der Waals surface area (Å²) in [4.78, 5) is 15.0. The molecule has 2 heterocycles. The normalized spacial score (nSPS) is 17.2. The van der Waals surface area contributed by atoms with Gasteiger partial charge in [0, 0.05) is 45.7 Å². The van der Waals surface area contributed by atoms with Gasteiger partial charge in [0.05, 0.1) is 12.9 Å². The Morgan fingerprint density at radius 3 is 2.74 bits per heavy atom. The van der Waals surface area contributed by atoms with Gasteiger partial charge in [-0.2, -0.15) is 0 Å². The van der Waals surface area contributed by atoms with Gasteiger partial charge >= 0.3 is 0 Å². The molecule has 1 amide bonds. The minimum Gasteiger partial charge on any atom is -0.493 e. The standard InChI is InChI=1S/C26H28BrNO3/c1-4-30-24-15-25-22(23(16-31-25)19-8-10-20(27)11-9-19)14-21(24)17(2)13-26(29)28-12-6-5-7-18(28)3/h8-11,13-16,18H,4-7,12H2,1-3H3/b17-13+. The van der Waals surface area contributed by atoms with E-state index in [0.717, 1.165) is 62.8 Å². The monoisotopic (exact) mass is 481 g/mol. The maximum absolute atomic E-state index is 13.0. The molecule has 0 bridgehead atoms. The number of likely N-dealkylation sites (tertiary alicyclic amines) is 1. The summed E-state index contributed by atoms with van der Waals surface area (Å²) in [5.41, 5.74) is 4.70. The van der Waals surface area contributed by atoms with Gasteiger partial charge < -0.3 is 14.1 Å². The number of fused-ring (bicyclic) bond motifs is 1. The van der Waals surface area contributed by atoms with Gasteiger partial charge in [0.2, 0.25) is 5.91 Å². The summed E-state index contributed by atoms with van der Waals surface area (Å²) >= 11 is 3.49. The summed E-state index contributed by atoms with van der Waals surface area (Å²) in [6, 6.07) is 12.5. The number of ether oxygens (including phenoxy) is 1. The molecule has 1 aliphatic heterocycles. The molecular formula is C26H28BrNO3. The van der Waals surface area contributed by atoms with Crippen LogP contribution < -0.4 is 4.74 Å². The fourth-order valence-corrected chi connectivity index (χ4v) is 4.53. The number of furan rings is 1. The van der Waals surface area contributed by atoms with E-state index >= 15 is 0 Å². The molecule has 0 aliphatic carbocycles. The SMILES string of the molecule is CCOc1cc2occ(-c3ccc(Br)cc3)c2cc1/C(C)=C/C(=O)N1CCCCC1C. The van der Waals surface area contributed by atoms with Crippen molar-refractivity contribution in [3.8, 4) is 16.9 Å². The maximum Gasteiger partial charge on any atom is 0.247 e. The first kappa shape index (κ1) is 21.7. The lowest BCUT2D eigenvalue weighted by Gasteiger charge is -2.32. The van der Waals surface area contributed by atoms with Crippen LogP contribution in [0.2, 0.25) is 0 Å². The number of hydrogen-bond acceptors (Lipinski definition) is 3. The fourth-order valence-electron chi connectivity index (χ4n) is 4.26. The highest BCUT2D eigenvalue weighted by molar-refractivity contribution is 9.10. The zero-order valence-electron chi connectivity index (χ0n) is 18.3. The summed E-state index contributed by atoms with van der Waals surface area (Å²) < 4.78 is 12.8. The Balaban J connectivity index is 1.75. The predicted octanol–water partition coefficient (Wildman–Crippen LogP) is 7.07. The molecule has 5 heteroatoms. The molecule has 1 unspecified atom stereocenters. The Kier molecular flexibility index (Phi) is 6.51. The molecule has 3 aromatic rings. The number of halogens is 1. The second-order valence-electron chi connectivity index (χ2n) is 8.14. The minimum atomic E-state index is 0.0765. The lowest BCUT2D eigenvalue weighted by atomic mass is 9.98. The van der Waals surface area contributed by atoms with E-state index in [1.165, 1.54) is 6.42 Å². The van der Waals surface area contributed by atoms with E-state index in [2.05, 4.69) is 41.1 Å². The highest BCUT2D eigenvalue weighted by Gasteiger charge is 2.22. The van der Waals surface area contributed by atoms with Crippen LogP contribution in [0.4, 0.5) is 0 Å². The van der Waals surface area contributed by atoms with Crippen molar-refractivity contribution < 1.29 is 13.9 Å². The summed E-state index contributed by atoms with van der Waals surface area (Å²) in [5.74, 6) is 0.813. The quantitative estimate of drug-likeness (QED) is 0.366. The Labute approximate surface area is 192 Å². The van der Waals surface area contributed by atoms with E-state index in [1.54, 1.807) is 12.3 Å². The van der Waals surface area contributed by atoms with E-state index in [0.29, 0.717) is 6.61 Å². The van der Waals surface area contributed by atoms with Gasteiger partial charge in [-0.25, -0.2) is 0 Å². The molecule has 0 radical (unpaired) electrons. The first-order valence-electron chi connectivity index (χ1n) is 10.9. The van der Waals surface area contributed by atoms with Gasteiger partial charge in [-0.05, 0) is 69.4 Å². The zero-order valence-corrected chi connectivity index (χ0v) is 19.9. The Morgan fingerprint density at radius 1 is 1.26 bits per heavy atom. The maximum atomic E-state index is 13.0. The third-order valence-electron chi connectivity index (χ3n) is 5.98. The second kappa shape index (κ2) is 9.31. The molecule has 1 fully saturated rings. The number of nitrogens with zero attached hydrogens (tertiary/aromatic N) is 1. The van der Waals surface area contributed by atoms with Gasteiger partial charge in [-0.1, -0.05) is 28.1 Å². The summed E-state index contributed by atoms with van der Waals surface area (Å²) in [6.07, 6.45) is 6.88. The van der Waals surface area contributed by atoms with Crippen LogP contribution in [0, 0.1) is 0 Å². The summed E-state index contributed by atoms with van der Waals surface area (Å²) in [7, 11) is 0. The largest absolute Gasteiger partial charge is 0.493 e. The van der Waals surface area contributed by atoms with Crippen molar-refractivity contribution in [2.24, 2.45) is 0 Å². The number of carbonyl (C=O) groups excluding carboxylic acids is 1. The summed E-state index contributed by atoms with van der Waals surface area (Å²) in [6.45, 7) is 7.45. The van der Waals surface area contributed by atoms with Gasteiger partial charge in [0.25, 0.3) is 0 Å². The van der Waals surface area contributed by atoms with Crippen LogP contribution in [0.1, 0.15) is 45.6 Å². The molecule has 4 rings (SSSR count). The average Bonchev–Trinajstić information content (AvgIpc) is 3.17. The molecule has 4 nitrogen and oxygen atoms in total. The van der Waals surface area contributed by atoms with Gasteiger partial charge in [-0.3, -0.25) is 4.79 Å². The van der Waals surface area contributed by atoms with Gasteiger partial charge in [-0.15, -0.1) is 0 Å². The second-order valence-corrected chi connectivity index (χ2v) is 9.05. The van der Waals surface area contributed by atoms with E-state index in [4.69, 9.17) is 9.15 Å². The number of hydrogen-bond donors (Lipinski definition) is 0. The number of benzene rings is 2. The Hall–Kier alpha value is -2.53. The van der Waals surface area contributed by atoms with Crippen LogP contribution in [0.5, 0.6) is 5.75 Å². The third kappa shape index (κ3) is 4.57. The summed E-state index contributed by atoms with van der Waals surface area (Å²) in [5, 5.41) is 1.01. The van der Waals surface area contributed by atoms with Crippen LogP contribution in [-0.2, 0) is 4.79 Å². The molecular weight excluding hydrogens is 454 g/mol. The van der Waals surface area contributed by atoms with Gasteiger partial charge in [0.15, 0.2) is 0 Å². The minimum absolute atomic E-state index is 0.0765. The molecule has 1 aliphatic rings. The third-order valence-corrected chi connectivity index (χ3v) is 6.51. The van der Waals surface area contributed by atoms with E-state index < -0.39 is 0 Å². The average molecular weight is 482 g/mol. The van der Waals surface area contributed by atoms with Crippen molar-refractivity contribution in [3.63, 3.8) is 0 Å². The molecule has 0 N–H and O–H groups in total. The van der Waals surface area contributed by atoms with Crippen molar-refractivity contribution in [2.45, 2.75) is 46.1 Å². The van der Waals surface area contributed by atoms with Crippen LogP contribution in [0.3, 0.4) is 0 Å². The molecule has 1 saturated heterocycles. The van der Waals surface area contributed by atoms with Crippen LogP contribution in [0.25, 0.3) is 27.7 Å². The predicted molar refractivity (Wildman–Crippen MR) is 129 cm³/mol. The topological polar surface area (TPSA) is 42.7 Å². The molecule has 2 aromatic carbocycles. The Morgan fingerprint density at radius 2 is 2.03 bits per heavy atom. The molecule has 31 heavy (non-hydrogen) atoms. The number of allylic oxidation sites excluding steroid dienone is 1. The highest BCUT2D eigenvalue weighted by atomic mass is 79.9. The first-order valence-corrected chi connectivity index (χ1v) is 11.7. The molecule has 0 spiro atoms. The van der Waals surface area contributed by atoms with Crippen molar-refractivity contribution >= 4 is 38.4 Å². The number of carbonyl (C=O) groups is 1. The fraction of sp³-hybridized carbons (Fsp3) is 0.346. The molecule has 1 aromatic heterocycles. The van der Waals surface area contributed by atoms with Crippen molar-refractivity contribution in [1.82, 2.24) is 4.90 Å². The van der Waals surface area contributed by atoms with E-state index in [-0.39, 0.29) is 11.9 Å². The van der Waals surface area contributed by atoms with E-state index in [9.17, 15) is 4.79 Å². The number of piperidine rings is 1. The zero-order chi connectivity index (χ0) is 22.0. The van der Waals surface area contributed by atoms with Crippen molar-refractivity contribution in [2.75, 3.05) is 13.2 Å². The highest BCUT2D eigenvalue weighted by Crippen LogP contribution is 2.38. The van der Waals surface area contributed by atoms with Gasteiger partial charge in [0.1, 0.15) is 11.3 Å². The van der Waals surface area contributed by atoms with Crippen LogP contribution in [0.15, 0.2) is 57.6 Å². The van der Waals surface area contributed by atoms with Crippen LogP contribution >= 0.6 is 15.9 Å². The Bertz CT molecular complexity index is 1110. The van der Waals surface area contributed by atoms with Crippen molar-refractivity contribution in [1.29, 1.82) is 0 Å². The molecule has 1 atom stereocenters. The lowest BCUT2D eigenvalue weighted by Crippen LogP contribution is -2.41.